The Kier molecular flexibility index (Phi) is 4.87. The predicted molar refractivity (Wildman–Crippen MR) is 83.9 cm³/mol. The molecule has 23 heavy (non-hydrogen) atoms. The number of hydrogen-bond acceptors (Lipinski definition) is 4. The maximum absolute atomic E-state index is 12.5. The minimum absolute atomic E-state index is 0.0180. The second kappa shape index (κ2) is 6.88. The van der Waals surface area contributed by atoms with E-state index in [1.807, 2.05) is 0 Å². The quantitative estimate of drug-likeness (QED) is 0.724. The van der Waals surface area contributed by atoms with Crippen LogP contribution in [-0.2, 0) is 14.3 Å². The molecular formula is C16H25N3O4. The SMILES string of the molecule is CNC(=O)[C@@]12CCOC[C@@H]1CN(C(=O)NCC1=CCCOC1)C2. The molecule has 3 aliphatic heterocycles. The highest BCUT2D eigenvalue weighted by molar-refractivity contribution is 5.85. The predicted octanol–water partition coefficient (Wildman–Crippen LogP) is 0.127. The van der Waals surface area contributed by atoms with Crippen LogP contribution >= 0.6 is 0 Å². The number of ether oxygens (including phenoxy) is 2. The summed E-state index contributed by atoms with van der Waals surface area (Å²) in [6.45, 7) is 3.97. The second-order valence-corrected chi connectivity index (χ2v) is 6.50. The van der Waals surface area contributed by atoms with Crippen molar-refractivity contribution in [2.45, 2.75) is 12.8 Å². The molecule has 0 aromatic rings. The maximum atomic E-state index is 12.5. The third-order valence-corrected chi connectivity index (χ3v) is 5.12. The van der Waals surface area contributed by atoms with Crippen molar-refractivity contribution in [2.75, 3.05) is 53.1 Å². The highest BCUT2D eigenvalue weighted by Crippen LogP contribution is 2.42. The van der Waals surface area contributed by atoms with E-state index in [0.717, 1.165) is 18.6 Å². The van der Waals surface area contributed by atoms with Gasteiger partial charge in [0, 0.05) is 39.2 Å². The molecule has 0 unspecified atom stereocenters. The molecule has 2 fully saturated rings. The first-order valence-electron chi connectivity index (χ1n) is 8.24. The number of urea groups is 1. The summed E-state index contributed by atoms with van der Waals surface area (Å²) in [5, 5.41) is 5.71. The highest BCUT2D eigenvalue weighted by atomic mass is 16.5. The molecule has 7 heteroatoms. The van der Waals surface area contributed by atoms with Crippen LogP contribution < -0.4 is 10.6 Å². The summed E-state index contributed by atoms with van der Waals surface area (Å²) in [7, 11) is 1.65. The zero-order valence-electron chi connectivity index (χ0n) is 13.6. The molecule has 0 saturated carbocycles. The van der Waals surface area contributed by atoms with Crippen molar-refractivity contribution in [3.63, 3.8) is 0 Å². The number of nitrogens with one attached hydrogen (secondary N) is 2. The first-order chi connectivity index (χ1) is 11.2. The molecule has 2 saturated heterocycles. The number of fused-ring (bicyclic) bond motifs is 1. The zero-order valence-corrected chi connectivity index (χ0v) is 13.6. The molecule has 3 rings (SSSR count). The van der Waals surface area contributed by atoms with Gasteiger partial charge in [-0.2, -0.15) is 0 Å². The highest BCUT2D eigenvalue weighted by Gasteiger charge is 2.54. The summed E-state index contributed by atoms with van der Waals surface area (Å²) in [5.41, 5.74) is 0.600. The maximum Gasteiger partial charge on any atom is 0.317 e. The first-order valence-corrected chi connectivity index (χ1v) is 8.24. The summed E-state index contributed by atoms with van der Waals surface area (Å²) in [4.78, 5) is 26.6. The summed E-state index contributed by atoms with van der Waals surface area (Å²) >= 11 is 0. The van der Waals surface area contributed by atoms with E-state index in [0.29, 0.717) is 45.9 Å². The van der Waals surface area contributed by atoms with Crippen molar-refractivity contribution in [1.29, 1.82) is 0 Å². The summed E-state index contributed by atoms with van der Waals surface area (Å²) in [6, 6.07) is -0.117. The van der Waals surface area contributed by atoms with E-state index in [2.05, 4.69) is 16.7 Å². The van der Waals surface area contributed by atoms with Crippen LogP contribution in [0.3, 0.4) is 0 Å². The molecule has 0 aromatic heterocycles. The van der Waals surface area contributed by atoms with Crippen molar-refractivity contribution in [3.8, 4) is 0 Å². The molecule has 0 aliphatic carbocycles. The van der Waals surface area contributed by atoms with Crippen molar-refractivity contribution in [2.24, 2.45) is 11.3 Å². The molecule has 0 radical (unpaired) electrons. The molecule has 2 N–H and O–H groups in total. The van der Waals surface area contributed by atoms with E-state index in [9.17, 15) is 9.59 Å². The van der Waals surface area contributed by atoms with Crippen LogP contribution in [0.5, 0.6) is 0 Å². The Labute approximate surface area is 136 Å². The third kappa shape index (κ3) is 3.21. The normalized spacial score (nSPS) is 30.4. The molecular weight excluding hydrogens is 298 g/mol. The fourth-order valence-electron chi connectivity index (χ4n) is 3.76. The molecule has 0 spiro atoms. The fraction of sp³-hybridized carbons (Fsp3) is 0.750. The minimum Gasteiger partial charge on any atom is -0.381 e. The summed E-state index contributed by atoms with van der Waals surface area (Å²) in [6.07, 6.45) is 3.68. The van der Waals surface area contributed by atoms with E-state index in [4.69, 9.17) is 9.47 Å². The van der Waals surface area contributed by atoms with Gasteiger partial charge in [-0.1, -0.05) is 6.08 Å². The lowest BCUT2D eigenvalue weighted by Crippen LogP contribution is -2.50. The standard InChI is InChI=1S/C16H25N3O4/c1-17-14(20)16-4-6-23-10-13(16)8-19(11-16)15(21)18-7-12-3-2-5-22-9-12/h3,13H,2,4-11H2,1H3,(H,17,20)(H,18,21)/t13-,16+/m0/s1. The number of nitrogens with zero attached hydrogens (tertiary/aromatic N) is 1. The lowest BCUT2D eigenvalue weighted by Gasteiger charge is -2.36. The van der Waals surface area contributed by atoms with Crippen LogP contribution in [0.2, 0.25) is 0 Å². The molecule has 3 heterocycles. The Bertz CT molecular complexity index is 508. The number of carbonyl (C=O) groups is 2. The first kappa shape index (κ1) is 16.3. The van der Waals surface area contributed by atoms with Crippen LogP contribution in [0, 0.1) is 11.3 Å². The van der Waals surface area contributed by atoms with Gasteiger partial charge in [-0.15, -0.1) is 0 Å². The van der Waals surface area contributed by atoms with E-state index >= 15 is 0 Å². The molecule has 2 atom stereocenters. The number of rotatable bonds is 3. The van der Waals surface area contributed by atoms with Gasteiger partial charge < -0.3 is 25.0 Å². The van der Waals surface area contributed by atoms with Crippen LogP contribution in [0.15, 0.2) is 11.6 Å². The number of hydrogen-bond donors (Lipinski definition) is 2. The van der Waals surface area contributed by atoms with Crippen molar-refractivity contribution in [3.05, 3.63) is 11.6 Å². The Morgan fingerprint density at radius 1 is 1.39 bits per heavy atom. The van der Waals surface area contributed by atoms with Gasteiger partial charge in [0.25, 0.3) is 0 Å². The van der Waals surface area contributed by atoms with E-state index in [-0.39, 0.29) is 17.9 Å². The van der Waals surface area contributed by atoms with E-state index in [1.165, 1.54) is 0 Å². The summed E-state index contributed by atoms with van der Waals surface area (Å²) in [5.74, 6) is 0.0867. The number of amides is 3. The zero-order chi connectivity index (χ0) is 16.3. The van der Waals surface area contributed by atoms with Crippen molar-refractivity contribution < 1.29 is 19.1 Å². The minimum atomic E-state index is -0.502. The van der Waals surface area contributed by atoms with Crippen LogP contribution in [0.4, 0.5) is 4.79 Å². The molecule has 0 aromatic carbocycles. The lowest BCUT2D eigenvalue weighted by molar-refractivity contribution is -0.138. The summed E-state index contributed by atoms with van der Waals surface area (Å²) < 4.78 is 10.9. The van der Waals surface area contributed by atoms with Gasteiger partial charge in [0.2, 0.25) is 5.91 Å². The molecule has 3 amide bonds. The van der Waals surface area contributed by atoms with Crippen molar-refractivity contribution in [1.82, 2.24) is 15.5 Å². The fourth-order valence-corrected chi connectivity index (χ4v) is 3.76. The van der Waals surface area contributed by atoms with Gasteiger partial charge in [-0.3, -0.25) is 4.79 Å². The topological polar surface area (TPSA) is 79.9 Å². The average molecular weight is 323 g/mol. The van der Waals surface area contributed by atoms with Gasteiger partial charge in [-0.05, 0) is 18.4 Å². The van der Waals surface area contributed by atoms with Gasteiger partial charge >= 0.3 is 6.03 Å². The van der Waals surface area contributed by atoms with E-state index in [1.54, 1.807) is 11.9 Å². The van der Waals surface area contributed by atoms with Gasteiger partial charge in [0.05, 0.1) is 25.2 Å². The smallest absolute Gasteiger partial charge is 0.317 e. The van der Waals surface area contributed by atoms with Gasteiger partial charge in [-0.25, -0.2) is 4.79 Å². The van der Waals surface area contributed by atoms with Gasteiger partial charge in [0.15, 0.2) is 0 Å². The number of likely N-dealkylation sites (tertiary alicyclic amines) is 1. The van der Waals surface area contributed by atoms with Crippen LogP contribution in [-0.4, -0.2) is 69.9 Å². The Hall–Kier alpha value is -1.60. The molecule has 3 aliphatic rings. The Balaban J connectivity index is 1.61. The Morgan fingerprint density at radius 3 is 3.00 bits per heavy atom. The monoisotopic (exact) mass is 323 g/mol. The second-order valence-electron chi connectivity index (χ2n) is 6.50. The van der Waals surface area contributed by atoms with E-state index < -0.39 is 5.41 Å². The largest absolute Gasteiger partial charge is 0.381 e. The number of carbonyl (C=O) groups excluding carboxylic acids is 2. The van der Waals surface area contributed by atoms with Crippen LogP contribution in [0.1, 0.15) is 12.8 Å². The molecule has 0 bridgehead atoms. The molecule has 128 valence electrons. The van der Waals surface area contributed by atoms with Crippen molar-refractivity contribution >= 4 is 11.9 Å². The van der Waals surface area contributed by atoms with Gasteiger partial charge in [0.1, 0.15) is 0 Å². The Morgan fingerprint density at radius 2 is 2.26 bits per heavy atom. The third-order valence-electron chi connectivity index (χ3n) is 5.12. The van der Waals surface area contributed by atoms with Crippen LogP contribution in [0.25, 0.3) is 0 Å². The lowest BCUT2D eigenvalue weighted by atomic mass is 9.73. The molecule has 7 nitrogen and oxygen atoms in total. The average Bonchev–Trinajstić information content (AvgIpc) is 3.00.